The molecule has 0 spiro atoms. The van der Waals surface area contributed by atoms with Crippen molar-refractivity contribution in [3.05, 3.63) is 47.1 Å². The lowest BCUT2D eigenvalue weighted by Crippen LogP contribution is -2.47. The smallest absolute Gasteiger partial charge is 0.412 e. The minimum Gasteiger partial charge on any atom is -0.419 e. The molecule has 2 aliphatic heterocycles. The fourth-order valence-electron chi connectivity index (χ4n) is 2.35. The highest BCUT2D eigenvalue weighted by molar-refractivity contribution is 6.30. The van der Waals surface area contributed by atoms with Crippen LogP contribution in [-0.4, -0.2) is 57.8 Å². The number of hydrogen-bond donors (Lipinski definition) is 1. The van der Waals surface area contributed by atoms with E-state index in [1.54, 1.807) is 5.32 Å². The normalized spacial score (nSPS) is 31.7. The Bertz CT molecular complexity index is 1140. The Hall–Kier alpha value is -2.78. The van der Waals surface area contributed by atoms with Crippen LogP contribution in [0.3, 0.4) is 0 Å². The summed E-state index contributed by atoms with van der Waals surface area (Å²) in [4.78, 5) is 38.6. The third kappa shape index (κ3) is 2.95. The van der Waals surface area contributed by atoms with Gasteiger partial charge in [0, 0.05) is 50.1 Å². The van der Waals surface area contributed by atoms with Crippen LogP contribution in [-0.2, 0) is 4.74 Å². The molecule has 9 nitrogen and oxygen atoms in total. The van der Waals surface area contributed by atoms with Gasteiger partial charge in [-0.2, -0.15) is 0 Å². The van der Waals surface area contributed by atoms with E-state index in [-0.39, 0.29) is 27.1 Å². The van der Waals surface area contributed by atoms with E-state index in [1.807, 2.05) is 0 Å². The topological polar surface area (TPSA) is 101 Å². The number of ether oxygens (including phenoxy) is 1. The fraction of sp³-hybridized carbons (Fsp3) is 0.312. The fourth-order valence-corrected chi connectivity index (χ4v) is 2.46. The molecule has 2 aromatic heterocycles. The molecule has 0 aliphatic carbocycles. The van der Waals surface area contributed by atoms with Gasteiger partial charge in [-0.05, 0) is 12.1 Å². The molecule has 1 saturated heterocycles. The van der Waals surface area contributed by atoms with Gasteiger partial charge in [-0.25, -0.2) is 19.7 Å². The van der Waals surface area contributed by atoms with E-state index in [0.717, 1.165) is 4.90 Å². The molecule has 0 saturated carbocycles. The summed E-state index contributed by atoms with van der Waals surface area (Å²) in [6.45, 7) is -13.3. The van der Waals surface area contributed by atoms with Crippen LogP contribution in [0, 0.1) is 0 Å². The van der Waals surface area contributed by atoms with Crippen LogP contribution >= 0.6 is 11.6 Å². The number of anilines is 1. The Morgan fingerprint density at radius 3 is 2.77 bits per heavy atom. The summed E-state index contributed by atoms with van der Waals surface area (Å²) in [5.41, 5.74) is -0.381. The summed E-state index contributed by atoms with van der Waals surface area (Å²) in [5.74, 6) is -0.836. The third-order valence-corrected chi connectivity index (χ3v) is 3.65. The summed E-state index contributed by atoms with van der Waals surface area (Å²) in [7, 11) is 0. The molecule has 2 amide bonds. The molecule has 2 aromatic rings. The minimum absolute atomic E-state index is 0.0519. The molecule has 4 heterocycles. The van der Waals surface area contributed by atoms with E-state index in [0.29, 0.717) is 0 Å². The molecule has 2 aliphatic rings. The first-order valence-corrected chi connectivity index (χ1v) is 7.56. The first-order valence-electron chi connectivity index (χ1n) is 11.2. The molecular formula is C16H15ClN6O3. The van der Waals surface area contributed by atoms with Crippen molar-refractivity contribution in [3.63, 3.8) is 0 Å². The van der Waals surface area contributed by atoms with Gasteiger partial charge in [0.2, 0.25) is 6.23 Å². The van der Waals surface area contributed by atoms with Crippen molar-refractivity contribution in [3.8, 4) is 0 Å². The quantitative estimate of drug-likeness (QED) is 0.833. The molecule has 0 bridgehead atoms. The predicted octanol–water partition coefficient (Wildman–Crippen LogP) is 1.23. The van der Waals surface area contributed by atoms with Crippen LogP contribution in [0.15, 0.2) is 30.7 Å². The minimum atomic E-state index is -3.42. The van der Waals surface area contributed by atoms with Gasteiger partial charge in [-0.1, -0.05) is 11.6 Å². The van der Waals surface area contributed by atoms with Gasteiger partial charge in [-0.15, -0.1) is 0 Å². The second kappa shape index (κ2) is 6.85. The zero-order chi connectivity index (χ0) is 25.3. The molecule has 1 fully saturated rings. The summed E-state index contributed by atoms with van der Waals surface area (Å²) >= 11 is 5.84. The van der Waals surface area contributed by atoms with Crippen molar-refractivity contribution >= 4 is 29.4 Å². The largest absolute Gasteiger partial charge is 0.419 e. The summed E-state index contributed by atoms with van der Waals surface area (Å²) in [6, 6.07) is 2.73. The van der Waals surface area contributed by atoms with Gasteiger partial charge in [0.05, 0.1) is 10.5 Å². The van der Waals surface area contributed by atoms with E-state index in [4.69, 9.17) is 27.3 Å². The SMILES string of the molecule is [2H]C1([2H])NC([2H])([2H])C([2H])([2H])N(C(=O)OC2c3nccnc3C(=O)N2c2ccc(Cl)cn2)C1([2H])[2H]. The Morgan fingerprint density at radius 2 is 2.04 bits per heavy atom. The summed E-state index contributed by atoms with van der Waals surface area (Å²) in [5, 5.41) is 1.85. The highest BCUT2D eigenvalue weighted by Crippen LogP contribution is 2.35. The lowest BCUT2D eigenvalue weighted by molar-refractivity contribution is 0.0565. The number of amides is 2. The second-order valence-corrected chi connectivity index (χ2v) is 5.41. The van der Waals surface area contributed by atoms with Gasteiger partial charge in [0.25, 0.3) is 5.91 Å². The van der Waals surface area contributed by atoms with E-state index < -0.39 is 44.2 Å². The maximum absolute atomic E-state index is 13.1. The number of fused-ring (bicyclic) bond motifs is 1. The lowest BCUT2D eigenvalue weighted by atomic mass is 10.3. The van der Waals surface area contributed by atoms with Gasteiger partial charge in [0.1, 0.15) is 11.5 Å². The van der Waals surface area contributed by atoms with Crippen molar-refractivity contribution in [1.29, 1.82) is 0 Å². The monoisotopic (exact) mass is 382 g/mol. The molecule has 1 N–H and O–H groups in total. The zero-order valence-corrected chi connectivity index (χ0v) is 13.6. The maximum atomic E-state index is 13.1. The number of rotatable bonds is 2. The first-order chi connectivity index (χ1) is 15.6. The molecule has 1 unspecified atom stereocenters. The lowest BCUT2D eigenvalue weighted by Gasteiger charge is -2.30. The molecule has 10 heteroatoms. The van der Waals surface area contributed by atoms with Crippen molar-refractivity contribution in [2.45, 2.75) is 6.23 Å². The van der Waals surface area contributed by atoms with E-state index in [2.05, 4.69) is 15.0 Å². The van der Waals surface area contributed by atoms with Crippen molar-refractivity contribution in [2.75, 3.05) is 30.9 Å². The standard InChI is InChI=1S/C16H15ClN6O3/c17-10-1-2-11(21-9-10)23-14(24)12-13(20-4-3-19-12)15(23)26-16(25)22-7-5-18-6-8-22/h1-4,9,15,18H,5-8H2/i5D2,6D2,7D2,8D2. The predicted molar refractivity (Wildman–Crippen MR) is 91.8 cm³/mol. The molecule has 4 rings (SSSR count). The van der Waals surface area contributed by atoms with E-state index in [1.165, 1.54) is 30.7 Å². The number of nitrogens with one attached hydrogen (secondary N) is 1. The van der Waals surface area contributed by atoms with Crippen LogP contribution in [0.1, 0.15) is 33.4 Å². The Morgan fingerprint density at radius 1 is 1.27 bits per heavy atom. The number of carbonyl (C=O) groups excluding carboxylic acids is 2. The number of halogens is 1. The zero-order valence-electron chi connectivity index (χ0n) is 20.8. The number of carbonyl (C=O) groups is 2. The molecule has 1 atom stereocenters. The molecule has 134 valence electrons. The van der Waals surface area contributed by atoms with Gasteiger partial charge in [0.15, 0.2) is 5.69 Å². The maximum Gasteiger partial charge on any atom is 0.412 e. The molecule has 0 aromatic carbocycles. The molecular weight excluding hydrogens is 360 g/mol. The average Bonchev–Trinajstić information content (AvgIpc) is 2.98. The van der Waals surface area contributed by atoms with Crippen LogP contribution in [0.25, 0.3) is 0 Å². The van der Waals surface area contributed by atoms with Crippen LogP contribution in [0.2, 0.25) is 5.02 Å². The second-order valence-electron chi connectivity index (χ2n) is 4.97. The summed E-state index contributed by atoms with van der Waals surface area (Å²) in [6.07, 6.45) is 0.135. The number of pyridine rings is 1. The van der Waals surface area contributed by atoms with E-state index >= 15 is 0 Å². The number of piperazine rings is 1. The third-order valence-electron chi connectivity index (χ3n) is 3.43. The highest BCUT2D eigenvalue weighted by atomic mass is 35.5. The Labute approximate surface area is 165 Å². The Balaban J connectivity index is 1.78. The van der Waals surface area contributed by atoms with Gasteiger partial charge < -0.3 is 15.0 Å². The number of aromatic nitrogens is 3. The number of nitrogens with zero attached hydrogens (tertiary/aromatic N) is 5. The molecule has 0 radical (unpaired) electrons. The highest BCUT2D eigenvalue weighted by Gasteiger charge is 2.44. The average molecular weight is 383 g/mol. The summed E-state index contributed by atoms with van der Waals surface area (Å²) < 4.78 is 68.8. The van der Waals surface area contributed by atoms with Gasteiger partial charge in [-0.3, -0.25) is 9.78 Å². The Kier molecular flexibility index (Phi) is 2.58. The first kappa shape index (κ1) is 9.79. The van der Waals surface area contributed by atoms with Crippen molar-refractivity contribution in [2.24, 2.45) is 0 Å². The van der Waals surface area contributed by atoms with Crippen LogP contribution < -0.4 is 10.2 Å². The number of hydrogen-bond acceptors (Lipinski definition) is 7. The van der Waals surface area contributed by atoms with Crippen molar-refractivity contribution in [1.82, 2.24) is 25.2 Å². The van der Waals surface area contributed by atoms with Crippen LogP contribution in [0.4, 0.5) is 10.6 Å². The van der Waals surface area contributed by atoms with Gasteiger partial charge >= 0.3 is 6.09 Å². The molecule has 26 heavy (non-hydrogen) atoms. The van der Waals surface area contributed by atoms with Crippen molar-refractivity contribution < 1.29 is 25.3 Å². The van der Waals surface area contributed by atoms with E-state index in [9.17, 15) is 9.59 Å². The van der Waals surface area contributed by atoms with Crippen LogP contribution in [0.5, 0.6) is 0 Å².